The van der Waals surface area contributed by atoms with Gasteiger partial charge in [-0.2, -0.15) is 0 Å². The fourth-order valence-corrected chi connectivity index (χ4v) is 2.42. The summed E-state index contributed by atoms with van der Waals surface area (Å²) in [4.78, 5) is 12.1. The summed E-state index contributed by atoms with van der Waals surface area (Å²) < 4.78 is 18.5. The van der Waals surface area contributed by atoms with Crippen molar-refractivity contribution in [1.82, 2.24) is 15.5 Å². The average molecular weight is 339 g/mol. The summed E-state index contributed by atoms with van der Waals surface area (Å²) in [5, 5.41) is 10.8. The number of hydrogen-bond donors (Lipinski definition) is 1. The Hall–Kier alpha value is -3.02. The zero-order valence-electron chi connectivity index (χ0n) is 13.8. The molecule has 1 heterocycles. The maximum Gasteiger partial charge on any atom is 0.247 e. The fraction of sp³-hybridized carbons (Fsp3) is 0.211. The second kappa shape index (κ2) is 7.70. The summed E-state index contributed by atoms with van der Waals surface area (Å²) in [6.07, 6.45) is 0.601. The van der Waals surface area contributed by atoms with Gasteiger partial charge in [-0.15, -0.1) is 10.2 Å². The minimum absolute atomic E-state index is 0.128. The van der Waals surface area contributed by atoms with Crippen LogP contribution in [-0.2, 0) is 11.2 Å². The van der Waals surface area contributed by atoms with E-state index in [1.165, 1.54) is 12.1 Å². The third kappa shape index (κ3) is 4.50. The monoisotopic (exact) mass is 339 g/mol. The third-order valence-corrected chi connectivity index (χ3v) is 3.80. The van der Waals surface area contributed by atoms with E-state index < -0.39 is 0 Å². The summed E-state index contributed by atoms with van der Waals surface area (Å²) in [5.41, 5.74) is 1.69. The number of halogens is 1. The van der Waals surface area contributed by atoms with Gasteiger partial charge in [0.2, 0.25) is 17.7 Å². The summed E-state index contributed by atoms with van der Waals surface area (Å²) in [6.45, 7) is 1.85. The van der Waals surface area contributed by atoms with Crippen LogP contribution >= 0.6 is 0 Å². The molecular weight excluding hydrogens is 321 g/mol. The lowest BCUT2D eigenvalue weighted by Crippen LogP contribution is -2.26. The molecule has 1 unspecified atom stereocenters. The van der Waals surface area contributed by atoms with Crippen LogP contribution in [-0.4, -0.2) is 16.1 Å². The molecular formula is C19H18FN3O2. The highest BCUT2D eigenvalue weighted by molar-refractivity contribution is 5.76. The standard InChI is InChI=1S/C19H18FN3O2/c1-13(14-7-9-16(20)10-8-14)21-17(24)11-12-18-22-23-19(25-18)15-5-3-2-4-6-15/h2-10,13H,11-12H2,1H3,(H,21,24). The van der Waals surface area contributed by atoms with Gasteiger partial charge in [-0.3, -0.25) is 4.79 Å². The predicted molar refractivity (Wildman–Crippen MR) is 91.0 cm³/mol. The van der Waals surface area contributed by atoms with E-state index in [1.54, 1.807) is 12.1 Å². The van der Waals surface area contributed by atoms with E-state index in [4.69, 9.17) is 4.42 Å². The maximum absolute atomic E-state index is 12.9. The van der Waals surface area contributed by atoms with Crippen molar-refractivity contribution in [3.8, 4) is 11.5 Å². The molecule has 0 aliphatic rings. The number of aromatic nitrogens is 2. The second-order valence-electron chi connectivity index (χ2n) is 5.71. The van der Waals surface area contributed by atoms with Gasteiger partial charge in [0.1, 0.15) is 5.82 Å². The van der Waals surface area contributed by atoms with Crippen molar-refractivity contribution < 1.29 is 13.6 Å². The molecule has 3 aromatic rings. The number of amides is 1. The van der Waals surface area contributed by atoms with E-state index in [-0.39, 0.29) is 24.2 Å². The molecule has 0 bridgehead atoms. The van der Waals surface area contributed by atoms with Crippen molar-refractivity contribution in [2.75, 3.05) is 0 Å². The van der Waals surface area contributed by atoms with Crippen molar-refractivity contribution in [3.63, 3.8) is 0 Å². The van der Waals surface area contributed by atoms with Crippen molar-refractivity contribution in [2.24, 2.45) is 0 Å². The Kier molecular flexibility index (Phi) is 5.18. The molecule has 1 amide bonds. The number of hydrogen-bond acceptors (Lipinski definition) is 4. The van der Waals surface area contributed by atoms with Crippen LogP contribution in [0.5, 0.6) is 0 Å². The molecule has 25 heavy (non-hydrogen) atoms. The molecule has 0 aliphatic carbocycles. The molecule has 0 saturated heterocycles. The topological polar surface area (TPSA) is 68.0 Å². The largest absolute Gasteiger partial charge is 0.421 e. The van der Waals surface area contributed by atoms with Gasteiger partial charge in [0.05, 0.1) is 6.04 Å². The van der Waals surface area contributed by atoms with Crippen molar-refractivity contribution >= 4 is 5.91 Å². The van der Waals surface area contributed by atoms with E-state index in [2.05, 4.69) is 15.5 Å². The van der Waals surface area contributed by atoms with Crippen LogP contribution in [0.15, 0.2) is 59.0 Å². The summed E-state index contributed by atoms with van der Waals surface area (Å²) in [5.74, 6) is 0.434. The molecule has 128 valence electrons. The maximum atomic E-state index is 12.9. The molecule has 1 N–H and O–H groups in total. The molecule has 0 radical (unpaired) electrons. The van der Waals surface area contributed by atoms with E-state index in [0.717, 1.165) is 11.1 Å². The molecule has 6 heteroatoms. The average Bonchev–Trinajstić information content (AvgIpc) is 3.10. The molecule has 0 spiro atoms. The first-order valence-corrected chi connectivity index (χ1v) is 8.04. The number of carbonyl (C=O) groups excluding carboxylic acids is 1. The van der Waals surface area contributed by atoms with Crippen LogP contribution in [0.3, 0.4) is 0 Å². The highest BCUT2D eigenvalue weighted by Gasteiger charge is 2.13. The molecule has 1 aromatic heterocycles. The molecule has 2 aromatic carbocycles. The van der Waals surface area contributed by atoms with Crippen LogP contribution in [0, 0.1) is 5.82 Å². The highest BCUT2D eigenvalue weighted by Crippen LogP contribution is 2.18. The smallest absolute Gasteiger partial charge is 0.247 e. The van der Waals surface area contributed by atoms with Gasteiger partial charge in [-0.25, -0.2) is 4.39 Å². The number of aryl methyl sites for hydroxylation is 1. The Morgan fingerprint density at radius 3 is 2.56 bits per heavy atom. The Labute approximate surface area is 144 Å². The van der Waals surface area contributed by atoms with Gasteiger partial charge in [-0.05, 0) is 36.8 Å². The predicted octanol–water partition coefficient (Wildman–Crippen LogP) is 3.69. The molecule has 1 atom stereocenters. The normalized spacial score (nSPS) is 11.9. The highest BCUT2D eigenvalue weighted by atomic mass is 19.1. The summed E-state index contributed by atoms with van der Waals surface area (Å²) >= 11 is 0. The minimum atomic E-state index is -0.298. The minimum Gasteiger partial charge on any atom is -0.421 e. The summed E-state index contributed by atoms with van der Waals surface area (Å²) in [7, 11) is 0. The van der Waals surface area contributed by atoms with Crippen molar-refractivity contribution in [3.05, 3.63) is 71.9 Å². The number of benzene rings is 2. The van der Waals surface area contributed by atoms with Crippen LogP contribution in [0.25, 0.3) is 11.5 Å². The lowest BCUT2D eigenvalue weighted by atomic mass is 10.1. The number of rotatable bonds is 6. The van der Waals surface area contributed by atoms with E-state index in [1.807, 2.05) is 37.3 Å². The Morgan fingerprint density at radius 1 is 1.12 bits per heavy atom. The van der Waals surface area contributed by atoms with Crippen LogP contribution in [0.2, 0.25) is 0 Å². The first kappa shape index (κ1) is 16.8. The lowest BCUT2D eigenvalue weighted by Gasteiger charge is -2.13. The van der Waals surface area contributed by atoms with E-state index in [0.29, 0.717) is 18.2 Å². The van der Waals surface area contributed by atoms with E-state index >= 15 is 0 Å². The molecule has 0 aliphatic heterocycles. The molecule has 0 saturated carbocycles. The van der Waals surface area contributed by atoms with Gasteiger partial charge < -0.3 is 9.73 Å². The van der Waals surface area contributed by atoms with Crippen LogP contribution < -0.4 is 5.32 Å². The van der Waals surface area contributed by atoms with Gasteiger partial charge >= 0.3 is 0 Å². The first-order valence-electron chi connectivity index (χ1n) is 8.04. The summed E-state index contributed by atoms with van der Waals surface area (Å²) in [6, 6.07) is 15.3. The SMILES string of the molecule is CC(NC(=O)CCc1nnc(-c2ccccc2)o1)c1ccc(F)cc1. The zero-order chi connectivity index (χ0) is 17.6. The Morgan fingerprint density at radius 2 is 1.84 bits per heavy atom. The van der Waals surface area contributed by atoms with Crippen LogP contribution in [0.4, 0.5) is 4.39 Å². The van der Waals surface area contributed by atoms with Gasteiger partial charge in [0, 0.05) is 18.4 Å². The van der Waals surface area contributed by atoms with Crippen LogP contribution in [0.1, 0.15) is 30.8 Å². The van der Waals surface area contributed by atoms with E-state index in [9.17, 15) is 9.18 Å². The third-order valence-electron chi connectivity index (χ3n) is 3.80. The quantitative estimate of drug-likeness (QED) is 0.744. The molecule has 0 fully saturated rings. The Bertz CT molecular complexity index is 831. The Balaban J connectivity index is 1.52. The second-order valence-corrected chi connectivity index (χ2v) is 5.71. The first-order chi connectivity index (χ1) is 12.1. The number of nitrogens with one attached hydrogen (secondary N) is 1. The van der Waals surface area contributed by atoms with Gasteiger partial charge in [-0.1, -0.05) is 30.3 Å². The van der Waals surface area contributed by atoms with Gasteiger partial charge in [0.25, 0.3) is 0 Å². The fourth-order valence-electron chi connectivity index (χ4n) is 2.42. The van der Waals surface area contributed by atoms with Crippen molar-refractivity contribution in [2.45, 2.75) is 25.8 Å². The van der Waals surface area contributed by atoms with Gasteiger partial charge in [0.15, 0.2) is 0 Å². The lowest BCUT2D eigenvalue weighted by molar-refractivity contribution is -0.121. The molecule has 5 nitrogen and oxygen atoms in total. The molecule has 3 rings (SSSR count). The number of nitrogens with zero attached hydrogens (tertiary/aromatic N) is 2. The number of carbonyl (C=O) groups is 1. The zero-order valence-corrected chi connectivity index (χ0v) is 13.8. The van der Waals surface area contributed by atoms with Crippen molar-refractivity contribution in [1.29, 1.82) is 0 Å².